The molecule has 0 aliphatic carbocycles. The highest BCUT2D eigenvalue weighted by Gasteiger charge is 2.19. The summed E-state index contributed by atoms with van der Waals surface area (Å²) in [7, 11) is 0. The lowest BCUT2D eigenvalue weighted by Crippen LogP contribution is -2.40. The smallest absolute Gasteiger partial charge is 0.326 e. The minimum absolute atomic E-state index is 0.0833. The van der Waals surface area contributed by atoms with Crippen molar-refractivity contribution in [3.63, 3.8) is 0 Å². The highest BCUT2D eigenvalue weighted by atomic mass is 79.9. The maximum atomic E-state index is 12.1. The molecule has 7 heteroatoms. The van der Waals surface area contributed by atoms with Crippen molar-refractivity contribution in [2.45, 2.75) is 154 Å². The van der Waals surface area contributed by atoms with Gasteiger partial charge in [0.1, 0.15) is 6.04 Å². The number of hydrogen-bond donors (Lipinski definition) is 3. The van der Waals surface area contributed by atoms with E-state index in [4.69, 9.17) is 0 Å². The Morgan fingerprint density at radius 2 is 1.11 bits per heavy atom. The van der Waals surface area contributed by atoms with Gasteiger partial charge in [0.25, 0.3) is 0 Å². The van der Waals surface area contributed by atoms with Crippen LogP contribution in [0.25, 0.3) is 0 Å². The molecule has 0 radical (unpaired) electrons. The van der Waals surface area contributed by atoms with Crippen LogP contribution in [-0.4, -0.2) is 40.8 Å². The van der Waals surface area contributed by atoms with E-state index in [0.29, 0.717) is 32.2 Å². The molecule has 0 fully saturated rings. The number of alkyl halides is 1. The molecule has 0 aliphatic rings. The van der Waals surface area contributed by atoms with Gasteiger partial charge in [0.15, 0.2) is 0 Å². The van der Waals surface area contributed by atoms with Crippen molar-refractivity contribution in [2.75, 3.05) is 11.9 Å². The quantitative estimate of drug-likeness (QED) is 0.0692. The van der Waals surface area contributed by atoms with Gasteiger partial charge in [-0.15, -0.1) is 0 Å². The monoisotopic (exact) mass is 574 g/mol. The Morgan fingerprint density at radius 3 is 1.61 bits per heavy atom. The van der Waals surface area contributed by atoms with Crippen molar-refractivity contribution < 1.29 is 19.5 Å². The van der Waals surface area contributed by atoms with Crippen molar-refractivity contribution in [3.05, 3.63) is 0 Å². The third-order valence-corrected chi connectivity index (χ3v) is 7.23. The van der Waals surface area contributed by atoms with Gasteiger partial charge in [-0.25, -0.2) is 4.79 Å². The molecule has 2 amide bonds. The number of aliphatic carboxylic acids is 1. The summed E-state index contributed by atoms with van der Waals surface area (Å²) >= 11 is 3.45. The zero-order valence-electron chi connectivity index (χ0n) is 23.1. The SMILES string of the molecule is CCCCCCCCCCCC(=O)NCCCC[C@H](NC(=O)CCCCCCCCCCBr)C(=O)O. The van der Waals surface area contributed by atoms with Crippen LogP contribution in [0.3, 0.4) is 0 Å². The van der Waals surface area contributed by atoms with E-state index in [0.717, 1.165) is 43.9 Å². The number of halogens is 1. The summed E-state index contributed by atoms with van der Waals surface area (Å²) in [6.07, 6.45) is 23.1. The molecular formula is C29H55BrN2O4. The summed E-state index contributed by atoms with van der Waals surface area (Å²) in [6, 6.07) is -0.843. The highest BCUT2D eigenvalue weighted by Crippen LogP contribution is 2.12. The second kappa shape index (κ2) is 26.9. The van der Waals surface area contributed by atoms with Crippen molar-refractivity contribution in [3.8, 4) is 0 Å². The van der Waals surface area contributed by atoms with Gasteiger partial charge in [0.05, 0.1) is 0 Å². The van der Waals surface area contributed by atoms with Crippen LogP contribution >= 0.6 is 15.9 Å². The summed E-state index contributed by atoms with van der Waals surface area (Å²) < 4.78 is 0. The van der Waals surface area contributed by atoms with Crippen LogP contribution in [0, 0.1) is 0 Å². The average molecular weight is 576 g/mol. The maximum Gasteiger partial charge on any atom is 0.326 e. The predicted octanol–water partition coefficient (Wildman–Crippen LogP) is 7.67. The molecule has 3 N–H and O–H groups in total. The predicted molar refractivity (Wildman–Crippen MR) is 154 cm³/mol. The maximum absolute atomic E-state index is 12.1. The zero-order chi connectivity index (χ0) is 26.7. The molecule has 0 rings (SSSR count). The molecule has 36 heavy (non-hydrogen) atoms. The molecule has 0 bridgehead atoms. The molecule has 0 unspecified atom stereocenters. The molecule has 0 aromatic rings. The Labute approximate surface area is 229 Å². The molecule has 0 aromatic carbocycles. The Kier molecular flexibility index (Phi) is 26.1. The van der Waals surface area contributed by atoms with Gasteiger partial charge in [-0.3, -0.25) is 9.59 Å². The van der Waals surface area contributed by atoms with Crippen LogP contribution in [0.15, 0.2) is 0 Å². The number of nitrogens with one attached hydrogen (secondary N) is 2. The first kappa shape index (κ1) is 34.9. The number of unbranched alkanes of at least 4 members (excludes halogenated alkanes) is 16. The van der Waals surface area contributed by atoms with Gasteiger partial charge >= 0.3 is 5.97 Å². The van der Waals surface area contributed by atoms with Gasteiger partial charge in [0.2, 0.25) is 11.8 Å². The van der Waals surface area contributed by atoms with E-state index in [2.05, 4.69) is 33.5 Å². The Balaban J connectivity index is 3.69. The number of amides is 2. The third-order valence-electron chi connectivity index (χ3n) is 6.67. The zero-order valence-corrected chi connectivity index (χ0v) is 24.7. The molecule has 0 spiro atoms. The molecule has 0 aliphatic heterocycles. The van der Waals surface area contributed by atoms with Crippen LogP contribution in [0.2, 0.25) is 0 Å². The van der Waals surface area contributed by atoms with Crippen molar-refractivity contribution >= 4 is 33.7 Å². The number of rotatable bonds is 27. The lowest BCUT2D eigenvalue weighted by molar-refractivity contribution is -0.142. The molecule has 0 heterocycles. The van der Waals surface area contributed by atoms with Crippen LogP contribution in [0.4, 0.5) is 0 Å². The van der Waals surface area contributed by atoms with Crippen molar-refractivity contribution in [2.24, 2.45) is 0 Å². The Hall–Kier alpha value is -1.11. The van der Waals surface area contributed by atoms with Crippen LogP contribution in [-0.2, 0) is 14.4 Å². The fraction of sp³-hybridized carbons (Fsp3) is 0.897. The molecular weight excluding hydrogens is 520 g/mol. The van der Waals surface area contributed by atoms with E-state index in [1.165, 1.54) is 77.0 Å². The van der Waals surface area contributed by atoms with Crippen LogP contribution in [0.5, 0.6) is 0 Å². The van der Waals surface area contributed by atoms with Crippen LogP contribution in [0.1, 0.15) is 148 Å². The van der Waals surface area contributed by atoms with E-state index in [1.807, 2.05) is 0 Å². The standard InChI is InChI=1S/C29H55BrN2O4/c1-2-3-4-5-6-7-10-13-16-22-27(33)31-25-20-18-21-26(29(35)36)32-28(34)23-17-14-11-8-9-12-15-19-24-30/h26H,2-25H2,1H3,(H,31,33)(H,32,34)(H,35,36)/t26-/m0/s1. The second-order valence-electron chi connectivity index (χ2n) is 10.1. The summed E-state index contributed by atoms with van der Waals surface area (Å²) in [5.74, 6) is -1.07. The van der Waals surface area contributed by atoms with Gasteiger partial charge < -0.3 is 15.7 Å². The van der Waals surface area contributed by atoms with Gasteiger partial charge in [0, 0.05) is 24.7 Å². The second-order valence-corrected chi connectivity index (χ2v) is 10.9. The van der Waals surface area contributed by atoms with Gasteiger partial charge in [-0.05, 0) is 38.5 Å². The molecule has 0 aromatic heterocycles. The summed E-state index contributed by atoms with van der Waals surface area (Å²) in [5.41, 5.74) is 0. The normalized spacial score (nSPS) is 11.8. The number of carboxylic acid groups (broad SMARTS) is 1. The lowest BCUT2D eigenvalue weighted by Gasteiger charge is -2.14. The van der Waals surface area contributed by atoms with Crippen molar-refractivity contribution in [1.29, 1.82) is 0 Å². The number of carboxylic acids is 1. The van der Waals surface area contributed by atoms with Crippen molar-refractivity contribution in [1.82, 2.24) is 10.6 Å². The van der Waals surface area contributed by atoms with Gasteiger partial charge in [-0.2, -0.15) is 0 Å². The minimum Gasteiger partial charge on any atom is -0.480 e. The van der Waals surface area contributed by atoms with E-state index in [-0.39, 0.29) is 11.8 Å². The molecule has 1 atom stereocenters. The molecule has 6 nitrogen and oxygen atoms in total. The minimum atomic E-state index is -0.985. The molecule has 0 saturated heterocycles. The average Bonchev–Trinajstić information content (AvgIpc) is 2.85. The first-order chi connectivity index (χ1) is 17.5. The number of carbonyl (C=O) groups excluding carboxylic acids is 2. The third kappa shape index (κ3) is 24.6. The molecule has 0 saturated carbocycles. The summed E-state index contributed by atoms with van der Waals surface area (Å²) in [4.78, 5) is 35.6. The lowest BCUT2D eigenvalue weighted by atomic mass is 10.1. The summed E-state index contributed by atoms with van der Waals surface area (Å²) in [5, 5.41) is 16.1. The number of carbonyl (C=O) groups is 3. The van der Waals surface area contributed by atoms with Crippen LogP contribution < -0.4 is 10.6 Å². The first-order valence-corrected chi connectivity index (χ1v) is 16.0. The fourth-order valence-electron chi connectivity index (χ4n) is 4.35. The fourth-order valence-corrected chi connectivity index (χ4v) is 4.75. The van der Waals surface area contributed by atoms with E-state index >= 15 is 0 Å². The Bertz CT molecular complexity index is 545. The first-order valence-electron chi connectivity index (χ1n) is 14.9. The topological polar surface area (TPSA) is 95.5 Å². The highest BCUT2D eigenvalue weighted by molar-refractivity contribution is 9.09. The molecule has 212 valence electrons. The van der Waals surface area contributed by atoms with Gasteiger partial charge in [-0.1, -0.05) is 113 Å². The largest absolute Gasteiger partial charge is 0.480 e. The number of hydrogen-bond acceptors (Lipinski definition) is 3. The Morgan fingerprint density at radius 1 is 0.639 bits per heavy atom. The summed E-state index contributed by atoms with van der Waals surface area (Å²) in [6.45, 7) is 2.80. The van der Waals surface area contributed by atoms with E-state index in [9.17, 15) is 19.5 Å². The van der Waals surface area contributed by atoms with E-state index < -0.39 is 12.0 Å². The van der Waals surface area contributed by atoms with E-state index in [1.54, 1.807) is 0 Å².